The lowest BCUT2D eigenvalue weighted by Crippen LogP contribution is -2.60. The van der Waals surface area contributed by atoms with Crippen molar-refractivity contribution in [1.82, 2.24) is 0 Å². The van der Waals surface area contributed by atoms with Crippen molar-refractivity contribution in [2.24, 2.45) is 0 Å². The fourth-order valence-electron chi connectivity index (χ4n) is 0.995. The maximum Gasteiger partial charge on any atom is 0.460 e. The van der Waals surface area contributed by atoms with E-state index in [1.165, 1.54) is 0 Å². The van der Waals surface area contributed by atoms with Gasteiger partial charge in [0, 0.05) is 0 Å². The summed E-state index contributed by atoms with van der Waals surface area (Å²) in [6.45, 7) is 0. The summed E-state index contributed by atoms with van der Waals surface area (Å²) in [5, 5.41) is -6.12. The maximum absolute atomic E-state index is 12.8. The highest BCUT2D eigenvalue weighted by Crippen LogP contribution is 2.54. The summed E-state index contributed by atoms with van der Waals surface area (Å²) in [6, 6.07) is 0. The van der Waals surface area contributed by atoms with E-state index in [2.05, 4.69) is 11.6 Å². The molecule has 0 spiro atoms. The van der Waals surface area contributed by atoms with Gasteiger partial charge in [0.25, 0.3) is 0 Å². The van der Waals surface area contributed by atoms with Gasteiger partial charge in [-0.1, -0.05) is 0 Å². The zero-order chi connectivity index (χ0) is 20.9. The summed E-state index contributed by atoms with van der Waals surface area (Å²) in [5.74, 6) is -34.8. The number of hydrogen-bond acceptors (Lipinski definition) is 0. The zero-order valence-electron chi connectivity index (χ0n) is 10.7. The van der Waals surface area contributed by atoms with E-state index in [-0.39, 0.29) is 0 Å². The Morgan fingerprint density at radius 3 is 0.960 bits per heavy atom. The summed E-state index contributed by atoms with van der Waals surface area (Å²) in [6.07, 6.45) is -11.5. The van der Waals surface area contributed by atoms with Crippen molar-refractivity contribution in [3.8, 4) is 0 Å². The molecule has 0 saturated heterocycles. The van der Waals surface area contributed by atoms with Gasteiger partial charge < -0.3 is 0 Å². The second-order valence-electron chi connectivity index (χ2n) is 4.30. The van der Waals surface area contributed by atoms with Crippen molar-refractivity contribution >= 4 is 11.6 Å². The third kappa shape index (κ3) is 3.89. The molecule has 25 heavy (non-hydrogen) atoms. The Morgan fingerprint density at radius 2 is 0.720 bits per heavy atom. The molecule has 0 N–H and O–H groups in total. The number of hydrogen-bond donors (Lipinski definition) is 0. The quantitative estimate of drug-likeness (QED) is 0.271. The minimum absolute atomic E-state index is 2.08. The van der Waals surface area contributed by atoms with E-state index >= 15 is 0 Å². The first kappa shape index (κ1) is 24.0. The first-order valence-electron chi connectivity index (χ1n) is 5.18. The monoisotopic (exact) mass is 430 g/mol. The van der Waals surface area contributed by atoms with Gasteiger partial charge in [0.05, 0.1) is 0 Å². The highest BCUT2D eigenvalue weighted by Gasteiger charge is 2.81. The Morgan fingerprint density at radius 1 is 0.440 bits per heavy atom. The molecule has 0 rings (SSSR count). The second-order valence-corrected chi connectivity index (χ2v) is 4.77. The standard InChI is InChI=1S/C9H2ClF15/c10-8(21,22)6(17,18)4(13,14)2-1-3(11,12)5(15,16)7(19,20)9(23,24)25/h1-2H. The van der Waals surface area contributed by atoms with Crippen LogP contribution < -0.4 is 0 Å². The minimum Gasteiger partial charge on any atom is -0.195 e. The van der Waals surface area contributed by atoms with Crippen LogP contribution in [0.15, 0.2) is 12.2 Å². The molecule has 0 aromatic heterocycles. The van der Waals surface area contributed by atoms with Crippen molar-refractivity contribution in [3.63, 3.8) is 0 Å². The van der Waals surface area contributed by atoms with Crippen LogP contribution in [0.2, 0.25) is 0 Å². The number of rotatable bonds is 6. The SMILES string of the molecule is FC(F)(F)C(F)(F)C(F)(F)C(F)(F)C=CC(F)(F)C(F)(F)C(F)(F)Cl. The molecular formula is C9H2ClF15. The van der Waals surface area contributed by atoms with E-state index in [0.717, 1.165) is 0 Å². The molecule has 0 heterocycles. The molecule has 16 heteroatoms. The molecule has 150 valence electrons. The Hall–Kier alpha value is -1.02. The van der Waals surface area contributed by atoms with Crippen LogP contribution in [0.4, 0.5) is 65.9 Å². The average molecular weight is 431 g/mol. The Balaban J connectivity index is 5.97. The molecule has 0 aromatic carbocycles. The van der Waals surface area contributed by atoms with Crippen molar-refractivity contribution in [2.75, 3.05) is 0 Å². The molecule has 0 unspecified atom stereocenters. The van der Waals surface area contributed by atoms with Gasteiger partial charge in [-0.25, -0.2) is 0 Å². The molecule has 0 aromatic rings. The Bertz CT molecular complexity index is 508. The van der Waals surface area contributed by atoms with Gasteiger partial charge in [-0.15, -0.1) is 0 Å². The smallest absolute Gasteiger partial charge is 0.195 e. The van der Waals surface area contributed by atoms with Gasteiger partial charge in [0.2, 0.25) is 0 Å². The van der Waals surface area contributed by atoms with Crippen molar-refractivity contribution in [2.45, 2.75) is 41.2 Å². The maximum atomic E-state index is 12.8. The lowest BCUT2D eigenvalue weighted by molar-refractivity contribution is -0.388. The topological polar surface area (TPSA) is 0 Å². The van der Waals surface area contributed by atoms with E-state index in [1.54, 1.807) is 0 Å². The van der Waals surface area contributed by atoms with Gasteiger partial charge >= 0.3 is 41.2 Å². The Kier molecular flexibility index (Phi) is 5.76. The van der Waals surface area contributed by atoms with Crippen LogP contribution in [0.5, 0.6) is 0 Å². The summed E-state index contributed by atoms with van der Waals surface area (Å²) in [4.78, 5) is 0. The van der Waals surface area contributed by atoms with Crippen molar-refractivity contribution in [3.05, 3.63) is 12.2 Å². The van der Waals surface area contributed by atoms with Crippen LogP contribution in [0.3, 0.4) is 0 Å². The summed E-state index contributed by atoms with van der Waals surface area (Å²) < 4.78 is 186. The van der Waals surface area contributed by atoms with E-state index in [1.807, 2.05) is 0 Å². The lowest BCUT2D eigenvalue weighted by Gasteiger charge is -2.32. The van der Waals surface area contributed by atoms with Gasteiger partial charge in [-0.05, 0) is 23.8 Å². The molecule has 0 amide bonds. The molecule has 0 aliphatic carbocycles. The summed E-state index contributed by atoms with van der Waals surface area (Å²) >= 11 is 3.58. The Labute approximate surface area is 132 Å². The van der Waals surface area contributed by atoms with Crippen molar-refractivity contribution in [1.29, 1.82) is 0 Å². The van der Waals surface area contributed by atoms with Crippen LogP contribution in [-0.2, 0) is 0 Å². The van der Waals surface area contributed by atoms with Gasteiger partial charge in [0.15, 0.2) is 0 Å². The molecule has 0 saturated carbocycles. The van der Waals surface area contributed by atoms with Crippen LogP contribution in [0.1, 0.15) is 0 Å². The fourth-order valence-corrected chi connectivity index (χ4v) is 1.12. The predicted molar refractivity (Wildman–Crippen MR) is 50.7 cm³/mol. The molecule has 0 nitrogen and oxygen atoms in total. The van der Waals surface area contributed by atoms with E-state index in [9.17, 15) is 65.9 Å². The number of allylic oxidation sites excluding steroid dienone is 2. The third-order valence-electron chi connectivity index (χ3n) is 2.45. The molecule has 0 atom stereocenters. The van der Waals surface area contributed by atoms with Gasteiger partial charge in [0.1, 0.15) is 0 Å². The molecule has 0 bridgehead atoms. The molecule has 0 radical (unpaired) electrons. The van der Waals surface area contributed by atoms with Crippen molar-refractivity contribution < 1.29 is 65.9 Å². The second kappa shape index (κ2) is 6.01. The highest BCUT2D eigenvalue weighted by atomic mass is 35.5. The molecule has 0 aliphatic rings. The summed E-state index contributed by atoms with van der Waals surface area (Å²) in [7, 11) is 0. The first-order chi connectivity index (χ1) is 10.5. The third-order valence-corrected chi connectivity index (χ3v) is 2.68. The van der Waals surface area contributed by atoms with E-state index < -0.39 is 53.3 Å². The predicted octanol–water partition coefficient (Wildman–Crippen LogP) is 6.11. The van der Waals surface area contributed by atoms with Gasteiger partial charge in [-0.2, -0.15) is 65.9 Å². The highest BCUT2D eigenvalue weighted by molar-refractivity contribution is 6.22. The van der Waals surface area contributed by atoms with Crippen LogP contribution in [-0.4, -0.2) is 41.2 Å². The molecule has 0 aliphatic heterocycles. The van der Waals surface area contributed by atoms with Gasteiger partial charge in [-0.3, -0.25) is 0 Å². The number of halogens is 16. The lowest BCUT2D eigenvalue weighted by atomic mass is 10.0. The normalized spacial score (nSPS) is 16.6. The van der Waals surface area contributed by atoms with Crippen LogP contribution >= 0.6 is 11.6 Å². The largest absolute Gasteiger partial charge is 0.460 e. The molecular weight excluding hydrogens is 429 g/mol. The molecule has 0 fully saturated rings. The summed E-state index contributed by atoms with van der Waals surface area (Å²) in [5.41, 5.74) is 0. The fraction of sp³-hybridized carbons (Fsp3) is 0.778. The van der Waals surface area contributed by atoms with E-state index in [0.29, 0.717) is 0 Å². The van der Waals surface area contributed by atoms with Crippen LogP contribution in [0, 0.1) is 0 Å². The average Bonchev–Trinajstić information content (AvgIpc) is 2.33. The van der Waals surface area contributed by atoms with E-state index in [4.69, 9.17) is 0 Å². The zero-order valence-corrected chi connectivity index (χ0v) is 11.5. The minimum atomic E-state index is -7.48. The van der Waals surface area contributed by atoms with Crippen LogP contribution in [0.25, 0.3) is 0 Å². The number of alkyl halides is 16. The first-order valence-corrected chi connectivity index (χ1v) is 5.56.